The van der Waals surface area contributed by atoms with Gasteiger partial charge in [0.15, 0.2) is 0 Å². The molecule has 156 valence electrons. The van der Waals surface area contributed by atoms with Crippen LogP contribution in [0.5, 0.6) is 0 Å². The Kier molecular flexibility index (Phi) is 5.21. The summed E-state index contributed by atoms with van der Waals surface area (Å²) in [5, 5.41) is 7.77. The number of thiophene rings is 1. The Morgan fingerprint density at radius 3 is 2.90 bits per heavy atom. The molecule has 3 heterocycles. The highest BCUT2D eigenvalue weighted by molar-refractivity contribution is 7.10. The summed E-state index contributed by atoms with van der Waals surface area (Å²) in [4.78, 5) is 24.8. The number of methoxy groups -OCH3 is 1. The predicted octanol–water partition coefficient (Wildman–Crippen LogP) is 3.71. The Bertz CT molecular complexity index is 1100. The molecular weight excluding hydrogens is 407 g/mol. The van der Waals surface area contributed by atoms with Gasteiger partial charge in [-0.05, 0) is 55.1 Å². The second kappa shape index (κ2) is 7.70. The van der Waals surface area contributed by atoms with E-state index in [2.05, 4.69) is 15.4 Å². The number of esters is 1. The van der Waals surface area contributed by atoms with Crippen molar-refractivity contribution in [1.82, 2.24) is 5.32 Å². The number of amides is 1. The second-order valence-corrected chi connectivity index (χ2v) is 8.53. The quantitative estimate of drug-likeness (QED) is 0.561. The minimum Gasteiger partial charge on any atom is -0.482 e. The molecule has 0 saturated carbocycles. The topological polar surface area (TPSA) is 76.7 Å². The number of fused-ring (bicyclic) bond motifs is 1. The maximum absolute atomic E-state index is 13.5. The van der Waals surface area contributed by atoms with Crippen molar-refractivity contribution >= 4 is 40.0 Å². The van der Waals surface area contributed by atoms with Gasteiger partial charge in [0.1, 0.15) is 17.2 Å². The smallest absolute Gasteiger partial charge is 0.319 e. The van der Waals surface area contributed by atoms with Crippen molar-refractivity contribution in [2.45, 2.75) is 26.0 Å². The number of carbonyl (C=O) groups is 2. The van der Waals surface area contributed by atoms with Crippen LogP contribution in [0, 0.1) is 5.82 Å². The number of nitrogens with one attached hydrogen (secondary N) is 2. The van der Waals surface area contributed by atoms with E-state index in [1.54, 1.807) is 17.4 Å². The van der Waals surface area contributed by atoms with E-state index in [0.29, 0.717) is 29.1 Å². The highest BCUT2D eigenvalue weighted by Gasteiger charge is 2.38. The molecule has 2 N–H and O–H groups in total. The number of hydrogen-bond donors (Lipinski definition) is 2. The van der Waals surface area contributed by atoms with Crippen LogP contribution < -0.4 is 10.6 Å². The molecule has 8 heteroatoms. The predicted molar refractivity (Wildman–Crippen MR) is 113 cm³/mol. The Labute approximate surface area is 177 Å². The molecule has 0 bridgehead atoms. The molecule has 4 rings (SSSR count). The first kappa shape index (κ1) is 20.3. The van der Waals surface area contributed by atoms with Crippen LogP contribution in [0.3, 0.4) is 0 Å². The Morgan fingerprint density at radius 1 is 1.33 bits per heavy atom. The van der Waals surface area contributed by atoms with E-state index in [4.69, 9.17) is 4.74 Å². The molecule has 0 fully saturated rings. The molecular formula is C22H21FN2O4S. The maximum Gasteiger partial charge on any atom is 0.319 e. The average molecular weight is 428 g/mol. The third kappa shape index (κ3) is 3.76. The average Bonchev–Trinajstić information content (AvgIpc) is 3.35. The first-order valence-electron chi connectivity index (χ1n) is 9.40. The van der Waals surface area contributed by atoms with E-state index in [1.807, 2.05) is 31.4 Å². The molecule has 0 saturated heterocycles. The molecule has 30 heavy (non-hydrogen) atoms. The van der Waals surface area contributed by atoms with E-state index in [-0.39, 0.29) is 18.4 Å². The summed E-state index contributed by atoms with van der Waals surface area (Å²) in [6.45, 7) is 4.57. The zero-order valence-electron chi connectivity index (χ0n) is 16.8. The van der Waals surface area contributed by atoms with Gasteiger partial charge in [-0.1, -0.05) is 0 Å². The minimum atomic E-state index is -0.636. The zero-order valence-corrected chi connectivity index (χ0v) is 17.6. The van der Waals surface area contributed by atoms with E-state index >= 15 is 0 Å². The van der Waals surface area contributed by atoms with E-state index in [1.165, 1.54) is 19.2 Å². The van der Waals surface area contributed by atoms with Gasteiger partial charge in [0, 0.05) is 22.6 Å². The SMILES string of the molecule is COC(=O)CNCc1cc(C2=C/C(=C3\C(=O)Nc4cc(F)ccc43)OC2(C)C)cs1. The van der Waals surface area contributed by atoms with Crippen molar-refractivity contribution in [1.29, 1.82) is 0 Å². The number of carbonyl (C=O) groups excluding carboxylic acids is 2. The summed E-state index contributed by atoms with van der Waals surface area (Å²) >= 11 is 1.57. The highest BCUT2D eigenvalue weighted by Crippen LogP contribution is 2.45. The van der Waals surface area contributed by atoms with Crippen LogP contribution in [-0.4, -0.2) is 31.1 Å². The van der Waals surface area contributed by atoms with Crippen molar-refractivity contribution in [3.63, 3.8) is 0 Å². The molecule has 0 aliphatic carbocycles. The van der Waals surface area contributed by atoms with Crippen LogP contribution in [0.2, 0.25) is 0 Å². The molecule has 2 aliphatic heterocycles. The molecule has 1 aromatic heterocycles. The number of allylic oxidation sites excluding steroid dienone is 1. The lowest BCUT2D eigenvalue weighted by Gasteiger charge is -2.22. The normalized spacial score (nSPS) is 19.2. The number of benzene rings is 1. The summed E-state index contributed by atoms with van der Waals surface area (Å²) in [5.41, 5.74) is 2.78. The van der Waals surface area contributed by atoms with E-state index in [9.17, 15) is 14.0 Å². The molecule has 0 spiro atoms. The van der Waals surface area contributed by atoms with Gasteiger partial charge in [-0.2, -0.15) is 0 Å². The number of anilines is 1. The van der Waals surface area contributed by atoms with Gasteiger partial charge in [-0.3, -0.25) is 9.59 Å². The van der Waals surface area contributed by atoms with E-state index < -0.39 is 11.4 Å². The van der Waals surface area contributed by atoms with Crippen LogP contribution in [0.1, 0.15) is 29.9 Å². The Morgan fingerprint density at radius 2 is 2.13 bits per heavy atom. The van der Waals surface area contributed by atoms with Gasteiger partial charge in [0.05, 0.1) is 24.9 Å². The monoisotopic (exact) mass is 428 g/mol. The highest BCUT2D eigenvalue weighted by atomic mass is 32.1. The number of halogens is 1. The molecule has 0 unspecified atom stereocenters. The van der Waals surface area contributed by atoms with Crippen LogP contribution in [-0.2, 0) is 25.6 Å². The first-order valence-corrected chi connectivity index (χ1v) is 10.3. The number of rotatable bonds is 5. The molecule has 6 nitrogen and oxygen atoms in total. The van der Waals surface area contributed by atoms with Gasteiger partial charge in [0.25, 0.3) is 5.91 Å². The van der Waals surface area contributed by atoms with Crippen LogP contribution in [0.15, 0.2) is 41.5 Å². The second-order valence-electron chi connectivity index (χ2n) is 7.54. The van der Waals surface area contributed by atoms with Gasteiger partial charge in [-0.15, -0.1) is 11.3 Å². The first-order chi connectivity index (χ1) is 14.3. The Balaban J connectivity index is 1.63. The molecule has 0 atom stereocenters. The standard InChI is InChI=1S/C22H21FN2O4S/c1-22(2)16(12-6-14(30-11-12)9-24-10-19(26)28-3)8-18(29-22)20-15-5-4-13(23)7-17(15)25-21(20)27/h4-8,11,24H,9-10H2,1-3H3,(H,25,27)/b20-18+. The third-order valence-corrected chi connectivity index (χ3v) is 5.96. The molecule has 2 aromatic rings. The lowest BCUT2D eigenvalue weighted by Crippen LogP contribution is -2.23. The largest absolute Gasteiger partial charge is 0.482 e. The Hall–Kier alpha value is -2.97. The van der Waals surface area contributed by atoms with Crippen molar-refractivity contribution in [3.05, 3.63) is 63.3 Å². The lowest BCUT2D eigenvalue weighted by atomic mass is 9.94. The van der Waals surface area contributed by atoms with E-state index in [0.717, 1.165) is 16.0 Å². The maximum atomic E-state index is 13.5. The third-order valence-electron chi connectivity index (χ3n) is 5.02. The van der Waals surface area contributed by atoms with Crippen LogP contribution in [0.4, 0.5) is 10.1 Å². The number of ether oxygens (including phenoxy) is 2. The van der Waals surface area contributed by atoms with Crippen molar-refractivity contribution in [3.8, 4) is 0 Å². The van der Waals surface area contributed by atoms with Crippen molar-refractivity contribution < 1.29 is 23.5 Å². The summed E-state index contributed by atoms with van der Waals surface area (Å²) in [5.74, 6) is -0.562. The van der Waals surface area contributed by atoms with Crippen LogP contribution in [0.25, 0.3) is 11.1 Å². The summed E-state index contributed by atoms with van der Waals surface area (Å²) in [6.07, 6.45) is 1.88. The lowest BCUT2D eigenvalue weighted by molar-refractivity contribution is -0.139. The van der Waals surface area contributed by atoms with Crippen molar-refractivity contribution in [2.24, 2.45) is 0 Å². The van der Waals surface area contributed by atoms with Crippen molar-refractivity contribution in [2.75, 3.05) is 19.0 Å². The number of hydrogen-bond acceptors (Lipinski definition) is 6. The molecule has 0 radical (unpaired) electrons. The summed E-state index contributed by atoms with van der Waals surface area (Å²) < 4.78 is 24.3. The van der Waals surface area contributed by atoms with Gasteiger partial charge < -0.3 is 20.1 Å². The zero-order chi connectivity index (χ0) is 21.5. The molecule has 2 aliphatic rings. The van der Waals surface area contributed by atoms with Gasteiger partial charge in [-0.25, -0.2) is 4.39 Å². The van der Waals surface area contributed by atoms with Crippen LogP contribution >= 0.6 is 11.3 Å². The fourth-order valence-electron chi connectivity index (χ4n) is 3.58. The van der Waals surface area contributed by atoms with Gasteiger partial charge in [0.2, 0.25) is 0 Å². The van der Waals surface area contributed by atoms with Gasteiger partial charge >= 0.3 is 5.97 Å². The minimum absolute atomic E-state index is 0.145. The fourth-order valence-corrected chi connectivity index (χ4v) is 4.44. The molecule has 1 amide bonds. The summed E-state index contributed by atoms with van der Waals surface area (Å²) in [6, 6.07) is 6.26. The molecule has 1 aromatic carbocycles. The fraction of sp³-hybridized carbons (Fsp3) is 0.273. The summed E-state index contributed by atoms with van der Waals surface area (Å²) in [7, 11) is 1.35.